The molecule has 0 aliphatic carbocycles. The third-order valence-corrected chi connectivity index (χ3v) is 4.14. The first-order valence-corrected chi connectivity index (χ1v) is 7.17. The van der Waals surface area contributed by atoms with Gasteiger partial charge in [-0.05, 0) is 40.2 Å². The van der Waals surface area contributed by atoms with Gasteiger partial charge in [0.2, 0.25) is 20.5 Å². The maximum atomic E-state index is 12.3. The van der Waals surface area contributed by atoms with Crippen LogP contribution in [0.1, 0.15) is 0 Å². The number of hydrogen-bond acceptors (Lipinski definition) is 5. The Kier molecular flexibility index (Phi) is 3.54. The van der Waals surface area contributed by atoms with Crippen molar-refractivity contribution in [1.82, 2.24) is 14.8 Å². The van der Waals surface area contributed by atoms with E-state index in [0.29, 0.717) is 10.4 Å². The Balaban J connectivity index is 2.42. The highest BCUT2D eigenvalue weighted by Crippen LogP contribution is 2.21. The van der Waals surface area contributed by atoms with Gasteiger partial charge in [-0.25, -0.2) is 13.1 Å². The van der Waals surface area contributed by atoms with Gasteiger partial charge in [0, 0.05) is 0 Å². The minimum absolute atomic E-state index is 0.0242. The number of nitrogens with zero attached hydrogens (tertiary/aromatic N) is 3. The number of nitrogen functional groups attached to an aromatic ring is 1. The standard InChI is InChI=1S/C9H7BrF2N4O2S/c10-7-14-9(13)15-16(7)5-1-3-6(4-2-5)19(17,18)8(11)12/h1-4,8H,(H2,13,15). The van der Waals surface area contributed by atoms with Gasteiger partial charge in [-0.15, -0.1) is 5.10 Å². The van der Waals surface area contributed by atoms with Crippen LogP contribution in [0.3, 0.4) is 0 Å². The van der Waals surface area contributed by atoms with Crippen molar-refractivity contribution in [3.63, 3.8) is 0 Å². The van der Waals surface area contributed by atoms with Gasteiger partial charge in [0.05, 0.1) is 10.6 Å². The maximum Gasteiger partial charge on any atom is 0.341 e. The molecule has 0 fully saturated rings. The lowest BCUT2D eigenvalue weighted by Crippen LogP contribution is -2.11. The molecule has 102 valence electrons. The fourth-order valence-corrected chi connectivity index (χ4v) is 2.54. The van der Waals surface area contributed by atoms with E-state index in [1.165, 1.54) is 16.8 Å². The van der Waals surface area contributed by atoms with Crippen molar-refractivity contribution < 1.29 is 17.2 Å². The van der Waals surface area contributed by atoms with E-state index < -0.39 is 20.5 Å². The second kappa shape index (κ2) is 4.85. The van der Waals surface area contributed by atoms with Gasteiger partial charge >= 0.3 is 5.76 Å². The van der Waals surface area contributed by atoms with Crippen molar-refractivity contribution in [2.75, 3.05) is 5.73 Å². The number of sulfone groups is 1. The monoisotopic (exact) mass is 352 g/mol. The average molecular weight is 353 g/mol. The molecule has 2 aromatic rings. The zero-order valence-electron chi connectivity index (χ0n) is 9.16. The second-order valence-corrected chi connectivity index (χ2v) is 6.08. The van der Waals surface area contributed by atoms with Gasteiger partial charge in [0.25, 0.3) is 0 Å². The molecule has 2 rings (SSSR count). The topological polar surface area (TPSA) is 90.9 Å². The zero-order chi connectivity index (χ0) is 14.2. The van der Waals surface area contributed by atoms with Crippen LogP contribution < -0.4 is 5.73 Å². The summed E-state index contributed by atoms with van der Waals surface area (Å²) in [5.41, 5.74) is 5.82. The number of hydrogen-bond donors (Lipinski definition) is 1. The number of rotatable bonds is 3. The summed E-state index contributed by atoms with van der Waals surface area (Å²) in [7, 11) is -4.60. The fourth-order valence-electron chi connectivity index (χ4n) is 1.35. The highest BCUT2D eigenvalue weighted by Gasteiger charge is 2.26. The quantitative estimate of drug-likeness (QED) is 0.905. The van der Waals surface area contributed by atoms with Crippen LogP contribution in [-0.4, -0.2) is 28.9 Å². The highest BCUT2D eigenvalue weighted by molar-refractivity contribution is 9.10. The van der Waals surface area contributed by atoms with Gasteiger partial charge in [-0.1, -0.05) is 0 Å². The van der Waals surface area contributed by atoms with Gasteiger partial charge < -0.3 is 5.73 Å². The smallest absolute Gasteiger partial charge is 0.341 e. The first-order valence-electron chi connectivity index (χ1n) is 4.83. The minimum Gasteiger partial charge on any atom is -0.366 e. The summed E-state index contributed by atoms with van der Waals surface area (Å²) in [4.78, 5) is 3.33. The lowest BCUT2D eigenvalue weighted by Gasteiger charge is -2.05. The Morgan fingerprint density at radius 1 is 1.26 bits per heavy atom. The van der Waals surface area contributed by atoms with Gasteiger partial charge in [0.15, 0.2) is 0 Å². The molecule has 0 saturated heterocycles. The summed E-state index contributed by atoms with van der Waals surface area (Å²) in [5.74, 6) is -3.43. The predicted molar refractivity (Wildman–Crippen MR) is 66.7 cm³/mol. The van der Waals surface area contributed by atoms with E-state index in [1.807, 2.05) is 0 Å². The third-order valence-electron chi connectivity index (χ3n) is 2.23. The van der Waals surface area contributed by atoms with Crippen LogP contribution in [-0.2, 0) is 9.84 Å². The molecule has 1 heterocycles. The third kappa shape index (κ3) is 2.59. The fraction of sp³-hybridized carbons (Fsp3) is 0.111. The van der Waals surface area contributed by atoms with Crippen LogP contribution in [0.15, 0.2) is 33.9 Å². The van der Waals surface area contributed by atoms with E-state index in [9.17, 15) is 17.2 Å². The van der Waals surface area contributed by atoms with Crippen LogP contribution in [0, 0.1) is 0 Å². The summed E-state index contributed by atoms with van der Waals surface area (Å²) in [6, 6.07) is 4.80. The number of halogens is 3. The van der Waals surface area contributed by atoms with E-state index >= 15 is 0 Å². The Morgan fingerprint density at radius 2 is 1.84 bits per heavy atom. The molecule has 0 unspecified atom stereocenters. The molecular weight excluding hydrogens is 346 g/mol. The van der Waals surface area contributed by atoms with Crippen LogP contribution in [0.25, 0.3) is 5.69 Å². The molecular formula is C9H7BrF2N4O2S. The summed E-state index contributed by atoms with van der Waals surface area (Å²) < 4.78 is 48.8. The number of alkyl halides is 2. The lowest BCUT2D eigenvalue weighted by atomic mass is 10.3. The molecule has 19 heavy (non-hydrogen) atoms. The largest absolute Gasteiger partial charge is 0.366 e. The van der Waals surface area contributed by atoms with Crippen LogP contribution in [0.5, 0.6) is 0 Å². The van der Waals surface area contributed by atoms with Gasteiger partial charge in [0.1, 0.15) is 0 Å². The number of anilines is 1. The number of aromatic nitrogens is 3. The van der Waals surface area contributed by atoms with Crippen molar-refractivity contribution >= 4 is 31.7 Å². The van der Waals surface area contributed by atoms with E-state index in [1.54, 1.807) is 0 Å². The number of nitrogens with two attached hydrogens (primary N) is 1. The highest BCUT2D eigenvalue weighted by atomic mass is 79.9. The van der Waals surface area contributed by atoms with Crippen molar-refractivity contribution in [2.45, 2.75) is 10.7 Å². The molecule has 0 saturated carbocycles. The van der Waals surface area contributed by atoms with E-state index in [2.05, 4.69) is 26.0 Å². The van der Waals surface area contributed by atoms with E-state index in [-0.39, 0.29) is 5.95 Å². The summed E-state index contributed by atoms with van der Waals surface area (Å²) in [5, 5.41) is 3.85. The zero-order valence-corrected chi connectivity index (χ0v) is 11.6. The van der Waals surface area contributed by atoms with Crippen LogP contribution in [0.2, 0.25) is 0 Å². The normalized spacial score (nSPS) is 12.0. The summed E-state index contributed by atoms with van der Waals surface area (Å²) >= 11 is 3.11. The Bertz CT molecular complexity index is 700. The first kappa shape index (κ1) is 13.9. The van der Waals surface area contributed by atoms with Gasteiger partial charge in [-0.2, -0.15) is 13.8 Å². The van der Waals surface area contributed by atoms with Crippen molar-refractivity contribution in [3.8, 4) is 5.69 Å². The maximum absolute atomic E-state index is 12.3. The molecule has 0 atom stereocenters. The second-order valence-electron chi connectivity index (χ2n) is 3.45. The summed E-state index contributed by atoms with van der Waals surface area (Å²) in [6.45, 7) is 0. The Hall–Kier alpha value is -1.55. The Labute approximate surface area is 115 Å². The number of benzene rings is 1. The SMILES string of the molecule is Nc1nc(Br)n(-c2ccc(S(=O)(=O)C(F)F)cc2)n1. The molecule has 0 spiro atoms. The van der Waals surface area contributed by atoms with E-state index in [0.717, 1.165) is 12.1 Å². The minimum atomic E-state index is -4.60. The van der Waals surface area contributed by atoms with E-state index in [4.69, 9.17) is 5.73 Å². The first-order chi connectivity index (χ1) is 8.82. The lowest BCUT2D eigenvalue weighted by molar-refractivity contribution is 0.234. The predicted octanol–water partition coefficient (Wildman–Crippen LogP) is 1.61. The molecule has 1 aromatic heterocycles. The van der Waals surface area contributed by atoms with Crippen LogP contribution in [0.4, 0.5) is 14.7 Å². The van der Waals surface area contributed by atoms with Crippen LogP contribution >= 0.6 is 15.9 Å². The molecule has 6 nitrogen and oxygen atoms in total. The molecule has 2 N–H and O–H groups in total. The molecule has 10 heteroatoms. The van der Waals surface area contributed by atoms with Crippen molar-refractivity contribution in [1.29, 1.82) is 0 Å². The van der Waals surface area contributed by atoms with Gasteiger partial charge in [-0.3, -0.25) is 0 Å². The Morgan fingerprint density at radius 3 is 2.26 bits per heavy atom. The molecule has 0 bridgehead atoms. The molecule has 0 radical (unpaired) electrons. The summed E-state index contributed by atoms with van der Waals surface area (Å²) in [6.07, 6.45) is 0. The molecule has 0 aliphatic heterocycles. The average Bonchev–Trinajstić information content (AvgIpc) is 2.68. The molecule has 0 aliphatic rings. The van der Waals surface area contributed by atoms with Crippen molar-refractivity contribution in [3.05, 3.63) is 29.0 Å². The molecule has 1 aromatic carbocycles. The van der Waals surface area contributed by atoms with Crippen molar-refractivity contribution in [2.24, 2.45) is 0 Å². The molecule has 0 amide bonds.